The first-order chi connectivity index (χ1) is 9.24. The van der Waals surface area contributed by atoms with E-state index in [9.17, 15) is 4.79 Å². The van der Waals surface area contributed by atoms with Gasteiger partial charge in [0.15, 0.2) is 0 Å². The fraction of sp³-hybridized carbons (Fsp3) is 0.214. The molecule has 1 amide bonds. The number of hydrogen-bond acceptors (Lipinski definition) is 4. The van der Waals surface area contributed by atoms with Gasteiger partial charge in [0.2, 0.25) is 0 Å². The summed E-state index contributed by atoms with van der Waals surface area (Å²) < 4.78 is 0. The zero-order valence-electron chi connectivity index (χ0n) is 10.4. The van der Waals surface area contributed by atoms with Crippen molar-refractivity contribution in [1.82, 2.24) is 14.9 Å². The van der Waals surface area contributed by atoms with E-state index in [-0.39, 0.29) is 5.91 Å². The third kappa shape index (κ3) is 2.27. The SMILES string of the molecule is Nc1cnc(C(=O)N2CCc3ccccc3C2)cn1. The van der Waals surface area contributed by atoms with Crippen LogP contribution in [0.1, 0.15) is 21.6 Å². The van der Waals surface area contributed by atoms with E-state index in [1.54, 1.807) is 4.90 Å². The Morgan fingerprint density at radius 3 is 2.68 bits per heavy atom. The molecule has 1 aliphatic heterocycles. The minimum absolute atomic E-state index is 0.0954. The second kappa shape index (κ2) is 4.68. The van der Waals surface area contributed by atoms with Crippen molar-refractivity contribution < 1.29 is 4.79 Å². The molecule has 0 spiro atoms. The first kappa shape index (κ1) is 11.6. The summed E-state index contributed by atoms with van der Waals surface area (Å²) in [6.45, 7) is 1.34. The number of nitrogens with zero attached hydrogens (tertiary/aromatic N) is 3. The zero-order valence-corrected chi connectivity index (χ0v) is 10.4. The van der Waals surface area contributed by atoms with Gasteiger partial charge in [-0.05, 0) is 17.5 Å². The minimum atomic E-state index is -0.0954. The van der Waals surface area contributed by atoms with Crippen LogP contribution in [0.2, 0.25) is 0 Å². The second-order valence-corrected chi connectivity index (χ2v) is 4.57. The van der Waals surface area contributed by atoms with Crippen LogP contribution in [0.4, 0.5) is 5.82 Å². The van der Waals surface area contributed by atoms with Crippen LogP contribution in [0.3, 0.4) is 0 Å². The molecule has 2 N–H and O–H groups in total. The lowest BCUT2D eigenvalue weighted by molar-refractivity contribution is 0.0728. The molecule has 0 fully saturated rings. The fourth-order valence-electron chi connectivity index (χ4n) is 2.28. The Balaban J connectivity index is 1.81. The van der Waals surface area contributed by atoms with E-state index in [1.165, 1.54) is 23.5 Å². The second-order valence-electron chi connectivity index (χ2n) is 4.57. The molecule has 0 saturated heterocycles. The highest BCUT2D eigenvalue weighted by Crippen LogP contribution is 2.19. The first-order valence-electron chi connectivity index (χ1n) is 6.17. The fourth-order valence-corrected chi connectivity index (χ4v) is 2.28. The number of anilines is 1. The van der Waals surface area contributed by atoms with Crippen LogP contribution in [0.25, 0.3) is 0 Å². The van der Waals surface area contributed by atoms with Crippen LogP contribution in [-0.2, 0) is 13.0 Å². The monoisotopic (exact) mass is 254 g/mol. The van der Waals surface area contributed by atoms with Gasteiger partial charge in [-0.15, -0.1) is 0 Å². The normalized spacial score (nSPS) is 14.0. The molecule has 96 valence electrons. The molecule has 1 aromatic carbocycles. The maximum absolute atomic E-state index is 12.3. The zero-order chi connectivity index (χ0) is 13.2. The quantitative estimate of drug-likeness (QED) is 0.831. The smallest absolute Gasteiger partial charge is 0.274 e. The molecule has 0 unspecified atom stereocenters. The molecular formula is C14H14N4O. The highest BCUT2D eigenvalue weighted by molar-refractivity contribution is 5.92. The summed E-state index contributed by atoms with van der Waals surface area (Å²) in [5.74, 6) is 0.225. The van der Waals surface area contributed by atoms with Gasteiger partial charge in [0, 0.05) is 13.1 Å². The summed E-state index contributed by atoms with van der Waals surface area (Å²) in [4.78, 5) is 22.0. The summed E-state index contributed by atoms with van der Waals surface area (Å²) in [6, 6.07) is 8.20. The van der Waals surface area contributed by atoms with Crippen LogP contribution in [0.5, 0.6) is 0 Å². The Bertz CT molecular complexity index is 609. The van der Waals surface area contributed by atoms with E-state index in [1.807, 2.05) is 12.1 Å². The molecule has 0 bridgehead atoms. The topological polar surface area (TPSA) is 72.1 Å². The van der Waals surface area contributed by atoms with Crippen LogP contribution in [0, 0.1) is 0 Å². The summed E-state index contributed by atoms with van der Waals surface area (Å²) in [5, 5.41) is 0. The number of aromatic nitrogens is 2. The summed E-state index contributed by atoms with van der Waals surface area (Å²) in [6.07, 6.45) is 3.72. The van der Waals surface area contributed by atoms with Crippen molar-refractivity contribution in [2.75, 3.05) is 12.3 Å². The largest absolute Gasteiger partial charge is 0.382 e. The van der Waals surface area contributed by atoms with Gasteiger partial charge >= 0.3 is 0 Å². The van der Waals surface area contributed by atoms with Gasteiger partial charge < -0.3 is 10.6 Å². The summed E-state index contributed by atoms with van der Waals surface area (Å²) >= 11 is 0. The van der Waals surface area contributed by atoms with Gasteiger partial charge in [-0.25, -0.2) is 9.97 Å². The van der Waals surface area contributed by atoms with Gasteiger partial charge in [0.25, 0.3) is 5.91 Å². The van der Waals surface area contributed by atoms with E-state index in [0.717, 1.165) is 6.42 Å². The molecule has 1 aliphatic rings. The number of carbonyl (C=O) groups excluding carboxylic acids is 1. The standard InChI is InChI=1S/C14H14N4O/c15-13-8-16-12(7-17-13)14(19)18-6-5-10-3-1-2-4-11(10)9-18/h1-4,7-8H,5-6,9H2,(H2,15,17). The van der Waals surface area contributed by atoms with E-state index in [2.05, 4.69) is 22.1 Å². The molecule has 0 radical (unpaired) electrons. The first-order valence-corrected chi connectivity index (χ1v) is 6.17. The molecule has 0 saturated carbocycles. The van der Waals surface area contributed by atoms with Gasteiger partial charge in [-0.3, -0.25) is 4.79 Å². The lowest BCUT2D eigenvalue weighted by atomic mass is 10.00. The molecule has 2 aromatic rings. The number of rotatable bonds is 1. The van der Waals surface area contributed by atoms with Gasteiger partial charge in [-0.2, -0.15) is 0 Å². The number of fused-ring (bicyclic) bond motifs is 1. The van der Waals surface area contributed by atoms with Crippen LogP contribution in [0.15, 0.2) is 36.7 Å². The molecule has 2 heterocycles. The third-order valence-electron chi connectivity index (χ3n) is 3.31. The van der Waals surface area contributed by atoms with Crippen molar-refractivity contribution in [3.8, 4) is 0 Å². The molecule has 1 aromatic heterocycles. The Morgan fingerprint density at radius 2 is 1.95 bits per heavy atom. The maximum atomic E-state index is 12.3. The minimum Gasteiger partial charge on any atom is -0.382 e. The summed E-state index contributed by atoms with van der Waals surface area (Å²) in [5.41, 5.74) is 8.33. The predicted octanol–water partition coefficient (Wildman–Crippen LogP) is 1.26. The third-order valence-corrected chi connectivity index (χ3v) is 3.31. The van der Waals surface area contributed by atoms with E-state index in [0.29, 0.717) is 24.6 Å². The summed E-state index contributed by atoms with van der Waals surface area (Å²) in [7, 11) is 0. The van der Waals surface area contributed by atoms with Gasteiger partial charge in [-0.1, -0.05) is 24.3 Å². The number of nitrogens with two attached hydrogens (primary N) is 1. The molecule has 19 heavy (non-hydrogen) atoms. The van der Waals surface area contributed by atoms with Crippen molar-refractivity contribution in [3.63, 3.8) is 0 Å². The number of amides is 1. The van der Waals surface area contributed by atoms with Crippen LogP contribution < -0.4 is 5.73 Å². The van der Waals surface area contributed by atoms with E-state index < -0.39 is 0 Å². The van der Waals surface area contributed by atoms with Crippen molar-refractivity contribution in [1.29, 1.82) is 0 Å². The molecule has 0 aliphatic carbocycles. The maximum Gasteiger partial charge on any atom is 0.274 e. The number of carbonyl (C=O) groups is 1. The Kier molecular flexibility index (Phi) is 2.87. The van der Waals surface area contributed by atoms with E-state index >= 15 is 0 Å². The molecule has 5 nitrogen and oxygen atoms in total. The molecule has 0 atom stereocenters. The van der Waals surface area contributed by atoms with Crippen molar-refractivity contribution >= 4 is 11.7 Å². The lowest BCUT2D eigenvalue weighted by Gasteiger charge is -2.28. The highest BCUT2D eigenvalue weighted by atomic mass is 16.2. The average molecular weight is 254 g/mol. The van der Waals surface area contributed by atoms with Gasteiger partial charge in [0.05, 0.1) is 12.4 Å². The van der Waals surface area contributed by atoms with E-state index in [4.69, 9.17) is 5.73 Å². The van der Waals surface area contributed by atoms with Crippen LogP contribution in [-0.4, -0.2) is 27.3 Å². The predicted molar refractivity (Wildman–Crippen MR) is 71.3 cm³/mol. The number of benzene rings is 1. The number of hydrogen-bond donors (Lipinski definition) is 1. The van der Waals surface area contributed by atoms with Gasteiger partial charge in [0.1, 0.15) is 11.5 Å². The van der Waals surface area contributed by atoms with Crippen LogP contribution >= 0.6 is 0 Å². The molecular weight excluding hydrogens is 240 g/mol. The van der Waals surface area contributed by atoms with Crippen molar-refractivity contribution in [2.45, 2.75) is 13.0 Å². The van der Waals surface area contributed by atoms with Crippen molar-refractivity contribution in [2.24, 2.45) is 0 Å². The highest BCUT2D eigenvalue weighted by Gasteiger charge is 2.22. The Labute approximate surface area is 111 Å². The Morgan fingerprint density at radius 1 is 1.16 bits per heavy atom. The number of nitrogen functional groups attached to an aromatic ring is 1. The molecule has 5 heteroatoms. The average Bonchev–Trinajstić information content (AvgIpc) is 2.47. The van der Waals surface area contributed by atoms with Crippen molar-refractivity contribution in [3.05, 3.63) is 53.5 Å². The Hall–Kier alpha value is -2.43. The lowest BCUT2D eigenvalue weighted by Crippen LogP contribution is -2.36. The molecule has 3 rings (SSSR count).